The molecule has 24 heavy (non-hydrogen) atoms. The second-order valence-corrected chi connectivity index (χ2v) is 7.67. The minimum atomic E-state index is 0.453. The molecule has 4 bridgehead atoms. The first kappa shape index (κ1) is 14.3. The van der Waals surface area contributed by atoms with E-state index in [-0.39, 0.29) is 0 Å². The number of fused-ring (bicyclic) bond motifs is 1. The van der Waals surface area contributed by atoms with Crippen molar-refractivity contribution < 1.29 is 9.47 Å². The first-order valence-corrected chi connectivity index (χ1v) is 8.90. The molecule has 6 rings (SSSR count). The van der Waals surface area contributed by atoms with Crippen LogP contribution >= 0.6 is 0 Å². The summed E-state index contributed by atoms with van der Waals surface area (Å²) in [6, 6.07) is 4.28. The predicted molar refractivity (Wildman–Crippen MR) is 90.5 cm³/mol. The molecule has 2 fully saturated rings. The van der Waals surface area contributed by atoms with Crippen LogP contribution in [0.15, 0.2) is 12.1 Å². The Labute approximate surface area is 141 Å². The van der Waals surface area contributed by atoms with Crippen molar-refractivity contribution in [2.45, 2.75) is 44.1 Å². The normalized spacial score (nSPS) is 30.2. The van der Waals surface area contributed by atoms with E-state index in [0.29, 0.717) is 28.9 Å². The van der Waals surface area contributed by atoms with Crippen LogP contribution in [-0.4, -0.2) is 23.8 Å². The Balaban J connectivity index is 1.80. The molecule has 126 valence electrons. The lowest BCUT2D eigenvalue weighted by Crippen LogP contribution is -2.31. The van der Waals surface area contributed by atoms with Crippen molar-refractivity contribution in [1.29, 1.82) is 5.41 Å². The molecule has 5 heteroatoms. The maximum Gasteiger partial charge on any atom is 0.162 e. The quantitative estimate of drug-likeness (QED) is 0.921. The maximum absolute atomic E-state index is 8.87. The van der Waals surface area contributed by atoms with Gasteiger partial charge in [0.2, 0.25) is 0 Å². The van der Waals surface area contributed by atoms with E-state index in [0.717, 1.165) is 28.6 Å². The Morgan fingerprint density at radius 3 is 2.33 bits per heavy atom. The highest BCUT2D eigenvalue weighted by Gasteiger charge is 2.43. The van der Waals surface area contributed by atoms with Gasteiger partial charge in [-0.3, -0.25) is 5.41 Å². The van der Waals surface area contributed by atoms with E-state index in [9.17, 15) is 0 Å². The van der Waals surface area contributed by atoms with Crippen molar-refractivity contribution in [1.82, 2.24) is 9.55 Å². The third-order valence-electron chi connectivity index (χ3n) is 6.32. The van der Waals surface area contributed by atoms with Gasteiger partial charge in [0, 0.05) is 23.4 Å². The molecular weight excluding hydrogens is 302 g/mol. The van der Waals surface area contributed by atoms with E-state index < -0.39 is 0 Å². The van der Waals surface area contributed by atoms with Gasteiger partial charge in [-0.1, -0.05) is 0 Å². The molecule has 3 heterocycles. The van der Waals surface area contributed by atoms with E-state index >= 15 is 0 Å². The van der Waals surface area contributed by atoms with Crippen molar-refractivity contribution in [3.63, 3.8) is 0 Å². The van der Waals surface area contributed by atoms with E-state index in [2.05, 4.69) is 4.57 Å². The smallest absolute Gasteiger partial charge is 0.162 e. The van der Waals surface area contributed by atoms with Crippen molar-refractivity contribution in [2.75, 3.05) is 14.2 Å². The number of aromatic nitrogens is 2. The molecule has 0 saturated heterocycles. The topological polar surface area (TPSA) is 60.1 Å². The summed E-state index contributed by atoms with van der Waals surface area (Å²) in [7, 11) is 3.28. The first-order chi connectivity index (χ1) is 11.7. The molecule has 2 saturated carbocycles. The van der Waals surface area contributed by atoms with Crippen molar-refractivity contribution in [3.8, 4) is 11.5 Å². The third-order valence-corrected chi connectivity index (χ3v) is 6.32. The van der Waals surface area contributed by atoms with Crippen LogP contribution in [0.5, 0.6) is 11.5 Å². The molecule has 1 N–H and O–H groups in total. The summed E-state index contributed by atoms with van der Waals surface area (Å²) in [5, 5.41) is 9.73. The number of rotatable bonds is 2. The van der Waals surface area contributed by atoms with Crippen LogP contribution < -0.4 is 15.0 Å². The van der Waals surface area contributed by atoms with E-state index in [1.807, 2.05) is 12.1 Å². The van der Waals surface area contributed by atoms with Crippen LogP contribution in [0.3, 0.4) is 0 Å². The van der Waals surface area contributed by atoms with Crippen molar-refractivity contribution >= 4 is 10.9 Å². The highest BCUT2D eigenvalue weighted by molar-refractivity contribution is 5.81. The van der Waals surface area contributed by atoms with Crippen molar-refractivity contribution in [2.24, 2.45) is 11.8 Å². The van der Waals surface area contributed by atoms with Gasteiger partial charge in [0.15, 0.2) is 11.5 Å². The Hall–Kier alpha value is -2.04. The molecule has 2 atom stereocenters. The Morgan fingerprint density at radius 1 is 1.00 bits per heavy atom. The molecule has 5 nitrogen and oxygen atoms in total. The summed E-state index contributed by atoms with van der Waals surface area (Å²) >= 11 is 0. The summed E-state index contributed by atoms with van der Waals surface area (Å²) in [5.41, 5.74) is 1.44. The Bertz CT molecular complexity index is 874. The number of nitrogens with one attached hydrogen (secondary N) is 1. The van der Waals surface area contributed by atoms with Crippen LogP contribution in [0.1, 0.15) is 49.9 Å². The van der Waals surface area contributed by atoms with E-state index in [4.69, 9.17) is 19.9 Å². The molecule has 2 aliphatic heterocycles. The SMILES string of the molecule is COc1cc2nc3n(c(=N)c2cc1OC)C1CC2CC(CC3C2)C1. The molecule has 1 aromatic carbocycles. The molecule has 0 spiro atoms. The minimum Gasteiger partial charge on any atom is -0.493 e. The zero-order valence-electron chi connectivity index (χ0n) is 14.2. The molecule has 0 amide bonds. The number of hydrogen-bond acceptors (Lipinski definition) is 4. The van der Waals surface area contributed by atoms with Crippen LogP contribution in [0, 0.1) is 17.2 Å². The molecule has 0 radical (unpaired) electrons. The second-order valence-electron chi connectivity index (χ2n) is 7.67. The summed E-state index contributed by atoms with van der Waals surface area (Å²) in [4.78, 5) is 5.03. The van der Waals surface area contributed by atoms with Crippen LogP contribution in [-0.2, 0) is 0 Å². The molecule has 4 aliphatic rings. The minimum absolute atomic E-state index is 0.453. The average molecular weight is 325 g/mol. The predicted octanol–water partition coefficient (Wildman–Crippen LogP) is 3.38. The fourth-order valence-electron chi connectivity index (χ4n) is 5.47. The number of ether oxygens (including phenoxy) is 2. The zero-order valence-corrected chi connectivity index (χ0v) is 14.2. The third kappa shape index (κ3) is 1.87. The summed E-state index contributed by atoms with van der Waals surface area (Å²) in [6.07, 6.45) is 6.32. The van der Waals surface area contributed by atoms with Crippen molar-refractivity contribution in [3.05, 3.63) is 23.4 Å². The Morgan fingerprint density at radius 2 is 1.67 bits per heavy atom. The first-order valence-electron chi connectivity index (χ1n) is 8.90. The molecule has 2 unspecified atom stereocenters. The zero-order chi connectivity index (χ0) is 16.4. The fourth-order valence-corrected chi connectivity index (χ4v) is 5.47. The number of benzene rings is 1. The number of hydrogen-bond donors (Lipinski definition) is 1. The number of methoxy groups -OCH3 is 2. The molecule has 2 aromatic rings. The van der Waals surface area contributed by atoms with Gasteiger partial charge in [-0.25, -0.2) is 4.98 Å². The van der Waals surface area contributed by atoms with Gasteiger partial charge < -0.3 is 14.0 Å². The van der Waals surface area contributed by atoms with Crippen LogP contribution in [0.2, 0.25) is 0 Å². The highest BCUT2D eigenvalue weighted by atomic mass is 16.5. The number of nitrogens with zero attached hydrogens (tertiary/aromatic N) is 2. The van der Waals surface area contributed by atoms with Gasteiger partial charge in [-0.2, -0.15) is 0 Å². The Kier molecular flexibility index (Phi) is 2.97. The lowest BCUT2D eigenvalue weighted by Gasteiger charge is -2.37. The fraction of sp³-hybridized carbons (Fsp3) is 0.579. The van der Waals surface area contributed by atoms with Gasteiger partial charge in [-0.05, 0) is 50.0 Å². The summed E-state index contributed by atoms with van der Waals surface area (Å²) in [6.45, 7) is 0. The largest absolute Gasteiger partial charge is 0.493 e. The highest BCUT2D eigenvalue weighted by Crippen LogP contribution is 2.52. The standard InChI is InChI=1S/C19H23N3O2/c1-23-16-8-14-15(9-17(16)24-2)21-19-12-4-10-3-11(5-12)7-13(6-10)22(19)18(14)20/h8-13,20H,3-7H2,1-2H3. The second kappa shape index (κ2) is 4.98. The monoisotopic (exact) mass is 325 g/mol. The van der Waals surface area contributed by atoms with E-state index in [1.165, 1.54) is 32.1 Å². The lowest BCUT2D eigenvalue weighted by molar-refractivity contribution is 0.150. The maximum atomic E-state index is 8.87. The van der Waals surface area contributed by atoms with E-state index in [1.54, 1.807) is 14.2 Å². The van der Waals surface area contributed by atoms with Gasteiger partial charge in [0.1, 0.15) is 11.3 Å². The average Bonchev–Trinajstić information content (AvgIpc) is 2.75. The molecule has 1 aromatic heterocycles. The van der Waals surface area contributed by atoms with Gasteiger partial charge >= 0.3 is 0 Å². The van der Waals surface area contributed by atoms with Gasteiger partial charge in [0.05, 0.1) is 19.7 Å². The lowest BCUT2D eigenvalue weighted by atomic mass is 9.68. The summed E-state index contributed by atoms with van der Waals surface area (Å²) < 4.78 is 13.1. The summed E-state index contributed by atoms with van der Waals surface area (Å²) in [5.74, 6) is 4.64. The molecule has 2 aliphatic carbocycles. The van der Waals surface area contributed by atoms with Crippen LogP contribution in [0.25, 0.3) is 10.9 Å². The van der Waals surface area contributed by atoms with Gasteiger partial charge in [-0.15, -0.1) is 0 Å². The van der Waals surface area contributed by atoms with Crippen LogP contribution in [0.4, 0.5) is 0 Å². The van der Waals surface area contributed by atoms with Gasteiger partial charge in [0.25, 0.3) is 0 Å². The molecular formula is C19H23N3O2.